The molecule has 6 N–H and O–H groups in total. The van der Waals surface area contributed by atoms with Crippen LogP contribution in [0.2, 0.25) is 0 Å². The van der Waals surface area contributed by atoms with Gasteiger partial charge in [0, 0.05) is 11.1 Å². The molecule has 0 aliphatic heterocycles. The fourth-order valence-corrected chi connectivity index (χ4v) is 4.41. The molecule has 0 heterocycles. The van der Waals surface area contributed by atoms with Crippen molar-refractivity contribution in [1.29, 1.82) is 0 Å². The molecule has 4 saturated carbocycles. The normalized spacial score (nSPS) is 57.7. The van der Waals surface area contributed by atoms with E-state index in [2.05, 4.69) is 0 Å². The van der Waals surface area contributed by atoms with E-state index in [-0.39, 0.29) is 16.6 Å². The summed E-state index contributed by atoms with van der Waals surface area (Å²) in [5.74, 6) is 1.72. The number of rotatable bonds is 0. The van der Waals surface area contributed by atoms with Crippen LogP contribution in [0, 0.1) is 11.8 Å². The number of nitrogens with two attached hydrogens (primary N) is 2. The van der Waals surface area contributed by atoms with E-state index in [1.54, 1.807) is 0 Å². The molecule has 0 amide bonds. The molecule has 0 radical (unpaired) electrons. The quantitative estimate of drug-likeness (QED) is 0.562. The largest absolute Gasteiger partial charge is 0.412 e. The zero-order valence-electron chi connectivity index (χ0n) is 8.05. The summed E-state index contributed by atoms with van der Waals surface area (Å²) in [6.07, 6.45) is 7.51. The third-order valence-electron chi connectivity index (χ3n) is 4.15. The molecule has 4 rings (SSSR count). The van der Waals surface area contributed by atoms with Gasteiger partial charge in [-0.05, 0) is 50.4 Å². The van der Waals surface area contributed by atoms with Crippen LogP contribution in [0.25, 0.3) is 0 Å². The molecule has 0 saturated heterocycles. The van der Waals surface area contributed by atoms with Gasteiger partial charge in [-0.3, -0.25) is 0 Å². The first kappa shape index (κ1) is 9.44. The third kappa shape index (κ3) is 1.30. The maximum atomic E-state index is 6.33. The predicted octanol–water partition coefficient (Wildman–Crippen LogP) is 0.170. The molecular weight excluding hydrogens is 164 g/mol. The van der Waals surface area contributed by atoms with Crippen molar-refractivity contribution in [3.8, 4) is 0 Å². The van der Waals surface area contributed by atoms with Crippen molar-refractivity contribution in [3.63, 3.8) is 0 Å². The highest BCUT2D eigenvalue weighted by Gasteiger charge is 2.54. The Bertz CT molecular complexity index is 195. The van der Waals surface area contributed by atoms with Gasteiger partial charge in [-0.2, -0.15) is 0 Å². The number of hydrogen-bond acceptors (Lipinski definition) is 2. The van der Waals surface area contributed by atoms with Gasteiger partial charge in [0.2, 0.25) is 0 Å². The van der Waals surface area contributed by atoms with Crippen molar-refractivity contribution in [2.24, 2.45) is 23.3 Å². The second-order valence-corrected chi connectivity index (χ2v) is 5.69. The lowest BCUT2D eigenvalue weighted by Crippen LogP contribution is -2.66. The highest BCUT2D eigenvalue weighted by Crippen LogP contribution is 2.55. The molecule has 0 spiro atoms. The Morgan fingerprint density at radius 3 is 1.54 bits per heavy atom. The minimum Gasteiger partial charge on any atom is -0.412 e. The van der Waals surface area contributed by atoms with Gasteiger partial charge >= 0.3 is 0 Å². The molecule has 4 bridgehead atoms. The van der Waals surface area contributed by atoms with E-state index in [9.17, 15) is 0 Å². The standard InChI is InChI=1S/C10H18N2.H2O/c11-9-2-7-1-8(4-9)5-10(12,3-7)6-9;/h7-8H,1-6,11-12H2;1H2. The minimum absolute atomic E-state index is 0. The third-order valence-corrected chi connectivity index (χ3v) is 4.15. The van der Waals surface area contributed by atoms with E-state index >= 15 is 0 Å². The second-order valence-electron chi connectivity index (χ2n) is 5.69. The first-order valence-electron chi connectivity index (χ1n) is 5.15. The van der Waals surface area contributed by atoms with Crippen molar-refractivity contribution in [2.75, 3.05) is 0 Å². The molecule has 4 fully saturated rings. The summed E-state index contributed by atoms with van der Waals surface area (Å²) < 4.78 is 0. The van der Waals surface area contributed by atoms with Gasteiger partial charge in [-0.25, -0.2) is 0 Å². The van der Waals surface area contributed by atoms with Crippen LogP contribution in [0.15, 0.2) is 0 Å². The van der Waals surface area contributed by atoms with Gasteiger partial charge < -0.3 is 16.9 Å². The van der Waals surface area contributed by atoms with E-state index in [1.165, 1.54) is 32.1 Å². The molecule has 0 aromatic rings. The Balaban J connectivity index is 0.000000653. The Hall–Kier alpha value is -0.120. The zero-order valence-corrected chi connectivity index (χ0v) is 8.05. The van der Waals surface area contributed by atoms with Gasteiger partial charge in [0.25, 0.3) is 0 Å². The van der Waals surface area contributed by atoms with Crippen LogP contribution in [-0.4, -0.2) is 16.6 Å². The Labute approximate surface area is 79.2 Å². The molecule has 13 heavy (non-hydrogen) atoms. The smallest absolute Gasteiger partial charge is 0.0177 e. The van der Waals surface area contributed by atoms with Crippen LogP contribution >= 0.6 is 0 Å². The SMILES string of the molecule is NC12CC3CC(C1)CC(N)(C3)C2.O. The summed E-state index contributed by atoms with van der Waals surface area (Å²) in [5.41, 5.74) is 12.9. The van der Waals surface area contributed by atoms with Gasteiger partial charge in [0.1, 0.15) is 0 Å². The fraction of sp³-hybridized carbons (Fsp3) is 1.00. The average molecular weight is 184 g/mol. The van der Waals surface area contributed by atoms with E-state index in [0.29, 0.717) is 0 Å². The van der Waals surface area contributed by atoms with Crippen LogP contribution in [0.5, 0.6) is 0 Å². The Morgan fingerprint density at radius 2 is 1.23 bits per heavy atom. The molecule has 4 aliphatic rings. The lowest BCUT2D eigenvalue weighted by Gasteiger charge is -2.59. The van der Waals surface area contributed by atoms with Crippen LogP contribution < -0.4 is 11.5 Å². The monoisotopic (exact) mass is 184 g/mol. The van der Waals surface area contributed by atoms with Crippen LogP contribution in [0.1, 0.15) is 38.5 Å². The Morgan fingerprint density at radius 1 is 0.846 bits per heavy atom. The molecule has 3 nitrogen and oxygen atoms in total. The second kappa shape index (κ2) is 2.47. The molecule has 0 aromatic heterocycles. The molecule has 3 heteroatoms. The lowest BCUT2D eigenvalue weighted by molar-refractivity contribution is -0.0173. The maximum absolute atomic E-state index is 6.33. The van der Waals surface area contributed by atoms with E-state index in [4.69, 9.17) is 11.5 Å². The summed E-state index contributed by atoms with van der Waals surface area (Å²) in [5, 5.41) is 0. The summed E-state index contributed by atoms with van der Waals surface area (Å²) in [6.45, 7) is 0. The number of hydrogen-bond donors (Lipinski definition) is 2. The lowest BCUT2D eigenvalue weighted by atomic mass is 9.50. The fourth-order valence-electron chi connectivity index (χ4n) is 4.41. The zero-order chi connectivity index (χ0) is 8.40. The molecule has 0 aromatic carbocycles. The highest BCUT2D eigenvalue weighted by molar-refractivity contribution is 5.13. The van der Waals surface area contributed by atoms with Crippen molar-refractivity contribution < 1.29 is 5.48 Å². The molecule has 4 aliphatic carbocycles. The molecule has 76 valence electrons. The first-order valence-corrected chi connectivity index (χ1v) is 5.15. The summed E-state index contributed by atoms with van der Waals surface area (Å²) in [4.78, 5) is 0. The van der Waals surface area contributed by atoms with E-state index in [1.807, 2.05) is 0 Å². The topological polar surface area (TPSA) is 83.5 Å². The van der Waals surface area contributed by atoms with Gasteiger partial charge in [0.05, 0.1) is 0 Å². The minimum atomic E-state index is 0. The summed E-state index contributed by atoms with van der Waals surface area (Å²) in [6, 6.07) is 0. The van der Waals surface area contributed by atoms with Crippen LogP contribution in [0.4, 0.5) is 0 Å². The van der Waals surface area contributed by atoms with Gasteiger partial charge in [-0.1, -0.05) is 0 Å². The van der Waals surface area contributed by atoms with Crippen molar-refractivity contribution in [1.82, 2.24) is 0 Å². The van der Waals surface area contributed by atoms with Crippen LogP contribution in [0.3, 0.4) is 0 Å². The average Bonchev–Trinajstić information content (AvgIpc) is 1.75. The maximum Gasteiger partial charge on any atom is 0.0177 e. The Kier molecular flexibility index (Phi) is 1.79. The summed E-state index contributed by atoms with van der Waals surface area (Å²) in [7, 11) is 0. The molecular formula is C10H20N2O. The van der Waals surface area contributed by atoms with Crippen molar-refractivity contribution in [3.05, 3.63) is 0 Å². The van der Waals surface area contributed by atoms with Gasteiger partial charge in [0.15, 0.2) is 0 Å². The van der Waals surface area contributed by atoms with Crippen molar-refractivity contribution in [2.45, 2.75) is 49.6 Å². The first-order chi connectivity index (χ1) is 5.57. The van der Waals surface area contributed by atoms with Crippen LogP contribution in [-0.2, 0) is 0 Å². The molecule has 0 unspecified atom stereocenters. The van der Waals surface area contributed by atoms with E-state index in [0.717, 1.165) is 18.3 Å². The summed E-state index contributed by atoms with van der Waals surface area (Å²) >= 11 is 0. The predicted molar refractivity (Wildman–Crippen MR) is 52.1 cm³/mol. The van der Waals surface area contributed by atoms with Crippen molar-refractivity contribution >= 4 is 0 Å². The highest BCUT2D eigenvalue weighted by atomic mass is 16.0. The molecule has 0 atom stereocenters. The van der Waals surface area contributed by atoms with E-state index < -0.39 is 0 Å². The van der Waals surface area contributed by atoms with Gasteiger partial charge in [-0.15, -0.1) is 0 Å².